The fourth-order valence-electron chi connectivity index (χ4n) is 1.11. The van der Waals surface area contributed by atoms with Gasteiger partial charge in [-0.1, -0.05) is 30.3 Å². The molecule has 1 rings (SSSR count). The molecule has 76 valence electrons. The second kappa shape index (κ2) is 4.19. The molecule has 1 nitrogen and oxygen atoms in total. The van der Waals surface area contributed by atoms with Crippen molar-refractivity contribution in [2.75, 3.05) is 0 Å². The molecule has 0 bridgehead atoms. The lowest BCUT2D eigenvalue weighted by Gasteiger charge is -2.21. The van der Waals surface area contributed by atoms with Crippen LogP contribution in [-0.4, -0.2) is 8.32 Å². The lowest BCUT2D eigenvalue weighted by molar-refractivity contribution is 0.516. The Morgan fingerprint density at radius 3 is 2.36 bits per heavy atom. The normalized spacial score (nSPS) is 11.1. The lowest BCUT2D eigenvalue weighted by atomic mass is 10.2. The average Bonchev–Trinajstić information content (AvgIpc) is 2.01. The van der Waals surface area contributed by atoms with Crippen LogP contribution in [0.5, 0.6) is 0 Å². The number of hydrogen-bond acceptors (Lipinski definition) is 1. The zero-order chi connectivity index (χ0) is 10.8. The predicted octanol–water partition coefficient (Wildman–Crippen LogP) is 4.16. The van der Waals surface area contributed by atoms with Gasteiger partial charge in [0.2, 0.25) is 8.32 Å². The molecular formula is C11H15ClOSi. The molecule has 0 aliphatic rings. The number of benzene rings is 1. The molecule has 0 aliphatic carbocycles. The van der Waals surface area contributed by atoms with Gasteiger partial charge in [0, 0.05) is 5.56 Å². The topological polar surface area (TPSA) is 9.23 Å². The Hall–Kier alpha value is -0.733. The summed E-state index contributed by atoms with van der Waals surface area (Å²) in [5.74, 6) is 0.676. The molecule has 14 heavy (non-hydrogen) atoms. The van der Waals surface area contributed by atoms with Gasteiger partial charge < -0.3 is 4.43 Å². The minimum absolute atomic E-state index is 0.676. The molecule has 0 aliphatic heterocycles. The highest BCUT2D eigenvalue weighted by atomic mass is 35.5. The van der Waals surface area contributed by atoms with Crippen molar-refractivity contribution in [2.45, 2.75) is 19.6 Å². The minimum Gasteiger partial charge on any atom is -0.544 e. The third-order valence-corrected chi connectivity index (χ3v) is 2.79. The maximum absolute atomic E-state index is 6.02. The quantitative estimate of drug-likeness (QED) is 0.556. The van der Waals surface area contributed by atoms with Gasteiger partial charge in [-0.2, -0.15) is 0 Å². The van der Waals surface area contributed by atoms with Gasteiger partial charge in [-0.05, 0) is 31.8 Å². The third kappa shape index (κ3) is 3.20. The van der Waals surface area contributed by atoms with Crippen LogP contribution in [0.4, 0.5) is 0 Å². The van der Waals surface area contributed by atoms with Gasteiger partial charge in [0.15, 0.2) is 0 Å². The van der Waals surface area contributed by atoms with Crippen LogP contribution in [0.2, 0.25) is 24.7 Å². The summed E-state index contributed by atoms with van der Waals surface area (Å²) < 4.78 is 5.76. The molecule has 0 saturated heterocycles. The largest absolute Gasteiger partial charge is 0.544 e. The molecule has 1 aromatic carbocycles. The van der Waals surface area contributed by atoms with Crippen LogP contribution in [0.15, 0.2) is 30.8 Å². The van der Waals surface area contributed by atoms with Crippen molar-refractivity contribution >= 4 is 25.7 Å². The maximum atomic E-state index is 6.02. The molecule has 0 N–H and O–H groups in total. The van der Waals surface area contributed by atoms with E-state index in [9.17, 15) is 0 Å². The van der Waals surface area contributed by atoms with E-state index in [-0.39, 0.29) is 0 Å². The van der Waals surface area contributed by atoms with Gasteiger partial charge in [0.25, 0.3) is 0 Å². The summed E-state index contributed by atoms with van der Waals surface area (Å²) >= 11 is 6.02. The van der Waals surface area contributed by atoms with E-state index in [0.29, 0.717) is 10.8 Å². The van der Waals surface area contributed by atoms with Gasteiger partial charge in [0.05, 0.1) is 5.02 Å². The Morgan fingerprint density at radius 1 is 1.29 bits per heavy atom. The van der Waals surface area contributed by atoms with E-state index in [4.69, 9.17) is 16.0 Å². The van der Waals surface area contributed by atoms with Crippen molar-refractivity contribution in [1.29, 1.82) is 0 Å². The van der Waals surface area contributed by atoms with Crippen molar-refractivity contribution in [3.05, 3.63) is 41.4 Å². The summed E-state index contributed by atoms with van der Waals surface area (Å²) in [5.41, 5.74) is 0.886. The Bertz CT molecular complexity index is 341. The van der Waals surface area contributed by atoms with Crippen LogP contribution < -0.4 is 0 Å². The monoisotopic (exact) mass is 226 g/mol. The summed E-state index contributed by atoms with van der Waals surface area (Å²) in [4.78, 5) is 0. The van der Waals surface area contributed by atoms with Gasteiger partial charge >= 0.3 is 0 Å². The first kappa shape index (κ1) is 11.3. The van der Waals surface area contributed by atoms with E-state index in [0.717, 1.165) is 5.56 Å². The Balaban J connectivity index is 2.86. The highest BCUT2D eigenvalue weighted by Gasteiger charge is 2.18. The second-order valence-electron chi connectivity index (χ2n) is 4.12. The molecule has 0 radical (unpaired) electrons. The molecule has 0 unspecified atom stereocenters. The first-order chi connectivity index (χ1) is 6.40. The number of hydrogen-bond donors (Lipinski definition) is 0. The highest BCUT2D eigenvalue weighted by molar-refractivity contribution is 6.70. The predicted molar refractivity (Wildman–Crippen MR) is 64.9 cm³/mol. The van der Waals surface area contributed by atoms with E-state index < -0.39 is 8.32 Å². The third-order valence-electron chi connectivity index (χ3n) is 1.60. The first-order valence-corrected chi connectivity index (χ1v) is 8.31. The molecule has 0 heterocycles. The maximum Gasteiger partial charge on any atom is 0.242 e. The fraction of sp³-hybridized carbons (Fsp3) is 0.273. The van der Waals surface area contributed by atoms with Crippen LogP contribution in [0.3, 0.4) is 0 Å². The van der Waals surface area contributed by atoms with Crippen LogP contribution in [0.25, 0.3) is 5.76 Å². The van der Waals surface area contributed by atoms with E-state index in [1.165, 1.54) is 0 Å². The summed E-state index contributed by atoms with van der Waals surface area (Å²) in [5, 5.41) is 0.691. The van der Waals surface area contributed by atoms with Crippen molar-refractivity contribution in [1.82, 2.24) is 0 Å². The molecule has 0 saturated carbocycles. The molecule has 0 spiro atoms. The van der Waals surface area contributed by atoms with Crippen molar-refractivity contribution in [2.24, 2.45) is 0 Å². The standard InChI is InChI=1S/C11H15ClOSi/c1-9(13-14(2,3)4)10-7-5-6-8-11(10)12/h5-8H,1H2,2-4H3. The molecule has 0 atom stereocenters. The summed E-state index contributed by atoms with van der Waals surface area (Å²) in [6.07, 6.45) is 0. The second-order valence-corrected chi connectivity index (χ2v) is 8.95. The number of rotatable bonds is 3. The molecule has 0 aromatic heterocycles. The van der Waals surface area contributed by atoms with Gasteiger partial charge in [-0.15, -0.1) is 0 Å². The van der Waals surface area contributed by atoms with Crippen molar-refractivity contribution in [3.8, 4) is 0 Å². The average molecular weight is 227 g/mol. The SMILES string of the molecule is C=C(O[Si](C)(C)C)c1ccccc1Cl. The Morgan fingerprint density at radius 2 is 1.86 bits per heavy atom. The zero-order valence-electron chi connectivity index (χ0n) is 8.80. The lowest BCUT2D eigenvalue weighted by Crippen LogP contribution is -2.24. The molecule has 0 amide bonds. The molecular weight excluding hydrogens is 212 g/mol. The molecule has 1 aromatic rings. The molecule has 3 heteroatoms. The summed E-state index contributed by atoms with van der Waals surface area (Å²) in [6.45, 7) is 10.3. The zero-order valence-corrected chi connectivity index (χ0v) is 10.6. The van der Waals surface area contributed by atoms with E-state index in [1.807, 2.05) is 24.3 Å². The highest BCUT2D eigenvalue weighted by Crippen LogP contribution is 2.25. The van der Waals surface area contributed by atoms with E-state index in [2.05, 4.69) is 26.2 Å². The van der Waals surface area contributed by atoms with Crippen molar-refractivity contribution in [3.63, 3.8) is 0 Å². The summed E-state index contributed by atoms with van der Waals surface area (Å²) in [6, 6.07) is 7.59. The van der Waals surface area contributed by atoms with Crippen LogP contribution in [-0.2, 0) is 4.43 Å². The smallest absolute Gasteiger partial charge is 0.242 e. The fourth-order valence-corrected chi connectivity index (χ4v) is 2.20. The Labute approximate surface area is 91.5 Å². The van der Waals surface area contributed by atoms with Gasteiger partial charge in [-0.3, -0.25) is 0 Å². The van der Waals surface area contributed by atoms with Crippen LogP contribution in [0.1, 0.15) is 5.56 Å². The number of halogens is 1. The molecule has 0 fully saturated rings. The first-order valence-electron chi connectivity index (χ1n) is 4.53. The minimum atomic E-state index is -1.58. The summed E-state index contributed by atoms with van der Waals surface area (Å²) in [7, 11) is -1.58. The van der Waals surface area contributed by atoms with Crippen LogP contribution >= 0.6 is 11.6 Å². The van der Waals surface area contributed by atoms with Crippen LogP contribution in [0, 0.1) is 0 Å². The van der Waals surface area contributed by atoms with Gasteiger partial charge in [0.1, 0.15) is 5.76 Å². The van der Waals surface area contributed by atoms with Crippen molar-refractivity contribution < 1.29 is 4.43 Å². The van der Waals surface area contributed by atoms with E-state index >= 15 is 0 Å². The Kier molecular flexibility index (Phi) is 3.40. The van der Waals surface area contributed by atoms with Gasteiger partial charge in [-0.25, -0.2) is 0 Å². The van der Waals surface area contributed by atoms with E-state index in [1.54, 1.807) is 0 Å².